The maximum absolute atomic E-state index is 12.1. The van der Waals surface area contributed by atoms with Gasteiger partial charge in [-0.2, -0.15) is 0 Å². The zero-order valence-corrected chi connectivity index (χ0v) is 27.0. The van der Waals surface area contributed by atoms with Crippen LogP contribution in [-0.2, 0) is 13.9 Å². The zero-order valence-electron chi connectivity index (χ0n) is 26.0. The van der Waals surface area contributed by atoms with Crippen molar-refractivity contribution in [1.29, 1.82) is 0 Å². The minimum atomic E-state index is -1.75. The van der Waals surface area contributed by atoms with E-state index in [0.29, 0.717) is 41.1 Å². The highest BCUT2D eigenvalue weighted by Gasteiger charge is 2.71. The Morgan fingerprint density at radius 3 is 2.32 bits per heavy atom. The van der Waals surface area contributed by atoms with E-state index >= 15 is 0 Å². The van der Waals surface area contributed by atoms with Gasteiger partial charge in [0.25, 0.3) is 0 Å². The number of hydrogen-bond acceptors (Lipinski definition) is 4. The quantitative estimate of drug-likeness (QED) is 0.359. The molecule has 0 bridgehead atoms. The highest BCUT2D eigenvalue weighted by molar-refractivity contribution is 6.74. The van der Waals surface area contributed by atoms with E-state index in [0.717, 1.165) is 37.7 Å². The number of fused-ring (bicyclic) bond motifs is 7. The third kappa shape index (κ3) is 3.94. The molecule has 13 atom stereocenters. The van der Waals surface area contributed by atoms with Crippen molar-refractivity contribution in [3.8, 4) is 0 Å². The van der Waals surface area contributed by atoms with Crippen LogP contribution in [0.15, 0.2) is 0 Å². The molecule has 5 heteroatoms. The molecule has 0 aromatic carbocycles. The fourth-order valence-electron chi connectivity index (χ4n) is 10.9. The molecule has 6 fully saturated rings. The van der Waals surface area contributed by atoms with Crippen LogP contribution in [0.5, 0.6) is 0 Å². The Labute approximate surface area is 234 Å². The molecular formula is C33H58O4Si. The second-order valence-electron chi connectivity index (χ2n) is 17.0. The van der Waals surface area contributed by atoms with Crippen molar-refractivity contribution >= 4 is 8.32 Å². The zero-order chi connectivity index (χ0) is 27.5. The lowest BCUT2D eigenvalue weighted by atomic mass is 9.43. The van der Waals surface area contributed by atoms with Crippen LogP contribution >= 0.6 is 0 Å². The van der Waals surface area contributed by atoms with Crippen LogP contribution in [-0.4, -0.2) is 44.1 Å². The Morgan fingerprint density at radius 1 is 0.921 bits per heavy atom. The third-order valence-electron chi connectivity index (χ3n) is 14.3. The van der Waals surface area contributed by atoms with Gasteiger partial charge in [-0.1, -0.05) is 48.5 Å². The van der Waals surface area contributed by atoms with Crippen LogP contribution in [0.25, 0.3) is 0 Å². The smallest absolute Gasteiger partial charge is 0.192 e. The monoisotopic (exact) mass is 546 g/mol. The number of ether oxygens (including phenoxy) is 2. The predicted octanol–water partition coefficient (Wildman–Crippen LogP) is 7.79. The summed E-state index contributed by atoms with van der Waals surface area (Å²) in [5, 5.41) is 12.3. The number of aliphatic hydroxyl groups excluding tert-OH is 1. The summed E-state index contributed by atoms with van der Waals surface area (Å²) in [5.74, 6) is 3.67. The second kappa shape index (κ2) is 9.03. The van der Waals surface area contributed by atoms with Crippen LogP contribution in [0.2, 0.25) is 18.1 Å². The molecule has 4 saturated carbocycles. The molecule has 2 saturated heterocycles. The van der Waals surface area contributed by atoms with Crippen LogP contribution in [0, 0.1) is 52.3 Å². The molecule has 1 unspecified atom stereocenters. The van der Waals surface area contributed by atoms with Crippen molar-refractivity contribution in [3.05, 3.63) is 0 Å². The average Bonchev–Trinajstić information content (AvgIpc) is 3.27. The van der Waals surface area contributed by atoms with Crippen LogP contribution in [0.1, 0.15) is 106 Å². The van der Waals surface area contributed by atoms with Gasteiger partial charge in [-0.3, -0.25) is 0 Å². The number of rotatable bonds is 2. The molecule has 0 aromatic rings. The highest BCUT2D eigenvalue weighted by atomic mass is 28.4. The Balaban J connectivity index is 1.20. The van der Waals surface area contributed by atoms with Gasteiger partial charge in [-0.25, -0.2) is 0 Å². The van der Waals surface area contributed by atoms with Gasteiger partial charge in [0.2, 0.25) is 0 Å². The summed E-state index contributed by atoms with van der Waals surface area (Å²) in [4.78, 5) is 0. The first kappa shape index (κ1) is 28.2. The van der Waals surface area contributed by atoms with E-state index in [1.165, 1.54) is 38.5 Å². The van der Waals surface area contributed by atoms with E-state index in [-0.39, 0.29) is 22.7 Å². The van der Waals surface area contributed by atoms with Gasteiger partial charge in [0, 0.05) is 29.8 Å². The number of aliphatic hydroxyl groups is 1. The summed E-state index contributed by atoms with van der Waals surface area (Å²) in [6.07, 6.45) is 11.1. The normalized spacial score (nSPS) is 54.8. The van der Waals surface area contributed by atoms with Crippen LogP contribution < -0.4 is 0 Å². The maximum Gasteiger partial charge on any atom is 0.192 e. The van der Waals surface area contributed by atoms with Crippen molar-refractivity contribution in [2.24, 2.45) is 52.3 Å². The van der Waals surface area contributed by atoms with Gasteiger partial charge in [0.15, 0.2) is 14.1 Å². The van der Waals surface area contributed by atoms with Crippen molar-refractivity contribution in [2.75, 3.05) is 6.61 Å². The SMILES string of the molecule is C[C@@H]1CC[C@@]2(OC1)O[C@H]1C[C@H]3[C@@H]4CCC5C[C@@H](O[Si](C)(C)C(C)(C)C)CC[C@]5(C)[C@H]4C[C@@H](O)[C@]3(C)[C@H]1[C@@H]2C. The van der Waals surface area contributed by atoms with Gasteiger partial charge < -0.3 is 19.0 Å². The molecule has 2 aliphatic heterocycles. The first-order valence-electron chi connectivity index (χ1n) is 16.3. The molecule has 2 heterocycles. The summed E-state index contributed by atoms with van der Waals surface area (Å²) < 4.78 is 20.4. The average molecular weight is 547 g/mol. The van der Waals surface area contributed by atoms with Gasteiger partial charge in [0.1, 0.15) is 0 Å². The Morgan fingerprint density at radius 2 is 1.66 bits per heavy atom. The molecule has 218 valence electrons. The molecule has 38 heavy (non-hydrogen) atoms. The van der Waals surface area contributed by atoms with E-state index in [4.69, 9.17) is 13.9 Å². The molecule has 4 aliphatic carbocycles. The third-order valence-corrected chi connectivity index (χ3v) is 18.8. The molecule has 0 aromatic heterocycles. The lowest BCUT2D eigenvalue weighted by Crippen LogP contribution is -2.60. The van der Waals surface area contributed by atoms with Crippen molar-refractivity contribution in [2.45, 2.75) is 148 Å². The standard InChI is InChI=1S/C33H58O4Si/c1-20-12-15-33(35-19-20)21(2)29-27(36-33)17-26-24-11-10-22-16-23(37-38(8,9)30(3,4)5)13-14-31(22,6)25(24)18-28(34)32(26,29)7/h20-29,34H,10-19H2,1-9H3/t20-,21+,22?,23+,24-,25+,26+,27+,28-,29+,31+,32-,33-/m1/s1. The van der Waals surface area contributed by atoms with Crippen LogP contribution in [0.3, 0.4) is 0 Å². The first-order valence-corrected chi connectivity index (χ1v) is 19.2. The van der Waals surface area contributed by atoms with E-state index in [1.807, 2.05) is 0 Å². The lowest BCUT2D eigenvalue weighted by Gasteiger charge is -2.63. The molecular weight excluding hydrogens is 488 g/mol. The molecule has 0 amide bonds. The summed E-state index contributed by atoms with van der Waals surface area (Å²) in [6.45, 7) is 22.5. The Kier molecular flexibility index (Phi) is 6.70. The van der Waals surface area contributed by atoms with E-state index < -0.39 is 14.1 Å². The summed E-state index contributed by atoms with van der Waals surface area (Å²) in [5.41, 5.74) is 0.291. The van der Waals surface area contributed by atoms with Crippen LogP contribution in [0.4, 0.5) is 0 Å². The maximum atomic E-state index is 12.1. The fraction of sp³-hybridized carbons (Fsp3) is 1.00. The van der Waals surface area contributed by atoms with Crippen molar-refractivity contribution in [3.63, 3.8) is 0 Å². The van der Waals surface area contributed by atoms with Gasteiger partial charge in [-0.15, -0.1) is 0 Å². The molecule has 6 rings (SSSR count). The van der Waals surface area contributed by atoms with Gasteiger partial charge in [-0.05, 0) is 105 Å². The first-order chi connectivity index (χ1) is 17.6. The summed E-state index contributed by atoms with van der Waals surface area (Å²) in [7, 11) is -1.75. The van der Waals surface area contributed by atoms with Crippen molar-refractivity contribution in [1.82, 2.24) is 0 Å². The lowest BCUT2D eigenvalue weighted by molar-refractivity contribution is -0.274. The molecule has 0 radical (unpaired) electrons. The van der Waals surface area contributed by atoms with Gasteiger partial charge >= 0.3 is 0 Å². The molecule has 4 nitrogen and oxygen atoms in total. The predicted molar refractivity (Wildman–Crippen MR) is 155 cm³/mol. The second-order valence-corrected chi connectivity index (χ2v) is 21.8. The minimum Gasteiger partial charge on any atom is -0.414 e. The van der Waals surface area contributed by atoms with E-state index in [9.17, 15) is 5.11 Å². The number of hydrogen-bond donors (Lipinski definition) is 1. The Bertz CT molecular complexity index is 905. The van der Waals surface area contributed by atoms with E-state index in [1.54, 1.807) is 0 Å². The topological polar surface area (TPSA) is 47.9 Å². The molecule has 1 N–H and O–H groups in total. The summed E-state index contributed by atoms with van der Waals surface area (Å²) >= 11 is 0. The van der Waals surface area contributed by atoms with Gasteiger partial charge in [0.05, 0.1) is 18.8 Å². The summed E-state index contributed by atoms with van der Waals surface area (Å²) in [6, 6.07) is 0. The highest BCUT2D eigenvalue weighted by Crippen LogP contribution is 2.71. The molecule has 6 aliphatic rings. The minimum absolute atomic E-state index is 0.0486. The van der Waals surface area contributed by atoms with Crippen molar-refractivity contribution < 1.29 is 19.0 Å². The largest absolute Gasteiger partial charge is 0.414 e. The van der Waals surface area contributed by atoms with E-state index in [2.05, 4.69) is 61.6 Å². The fourth-order valence-corrected chi connectivity index (χ4v) is 12.3. The Hall–Kier alpha value is 0.0569. The molecule has 1 spiro atoms.